The Kier molecular flexibility index (Phi) is 7.90. The van der Waals surface area contributed by atoms with Gasteiger partial charge in [-0.05, 0) is 76.2 Å². The van der Waals surface area contributed by atoms with Gasteiger partial charge in [-0.25, -0.2) is 0 Å². The first kappa shape index (κ1) is 26.6. The fourth-order valence-corrected chi connectivity index (χ4v) is 3.89. The molecule has 0 aliphatic heterocycles. The van der Waals surface area contributed by atoms with E-state index >= 15 is 0 Å². The summed E-state index contributed by atoms with van der Waals surface area (Å²) in [6, 6.07) is 17.0. The van der Waals surface area contributed by atoms with Crippen molar-refractivity contribution in [1.29, 1.82) is 0 Å². The molecule has 0 aliphatic rings. The second-order valence-electron chi connectivity index (χ2n) is 9.86. The summed E-state index contributed by atoms with van der Waals surface area (Å²) < 4.78 is 11.2. The molecule has 10 heteroatoms. The van der Waals surface area contributed by atoms with Crippen LogP contribution in [-0.2, 0) is 16.1 Å². The van der Waals surface area contributed by atoms with Crippen LogP contribution >= 0.6 is 0 Å². The van der Waals surface area contributed by atoms with Crippen LogP contribution in [0.2, 0.25) is 0 Å². The number of tetrazole rings is 1. The topological polar surface area (TPSA) is 115 Å². The average Bonchev–Trinajstić information content (AvgIpc) is 3.55. The molecular weight excluding hydrogens is 484 g/mol. The smallest absolute Gasteiger partial charge is 0.251 e. The molecule has 2 heterocycles. The van der Waals surface area contributed by atoms with Crippen molar-refractivity contribution in [3.63, 3.8) is 0 Å². The Morgan fingerprint density at radius 3 is 2.39 bits per heavy atom. The number of benzene rings is 2. The van der Waals surface area contributed by atoms with Gasteiger partial charge in [-0.1, -0.05) is 29.8 Å². The molecule has 0 unspecified atom stereocenters. The van der Waals surface area contributed by atoms with Crippen molar-refractivity contribution in [3.05, 3.63) is 78.3 Å². The summed E-state index contributed by atoms with van der Waals surface area (Å²) in [6.45, 7) is 9.77. The summed E-state index contributed by atoms with van der Waals surface area (Å²) in [5.74, 6) is 0.562. The third kappa shape index (κ3) is 6.44. The van der Waals surface area contributed by atoms with Gasteiger partial charge in [-0.15, -0.1) is 10.2 Å². The lowest BCUT2D eigenvalue weighted by Crippen LogP contribution is -2.50. The van der Waals surface area contributed by atoms with Crippen molar-refractivity contribution in [2.75, 3.05) is 11.5 Å². The standard InChI is InChI=1S/C28H32N6O4/c1-6-37-22-15-13-21(14-16-22)34(25(23-8-7-17-38-23)27(36)29-28(3,4)5)24(35)18-33-31-26(30-32-33)20-11-9-19(2)10-12-20/h7-17,25H,6,18H2,1-5H3,(H,29,36)/t25-/m0/s1. The Hall–Kier alpha value is -4.47. The van der Waals surface area contributed by atoms with E-state index in [1.54, 1.807) is 36.4 Å². The molecule has 38 heavy (non-hydrogen) atoms. The quantitative estimate of drug-likeness (QED) is 0.352. The summed E-state index contributed by atoms with van der Waals surface area (Å²) in [7, 11) is 0. The van der Waals surface area contributed by atoms with E-state index < -0.39 is 17.5 Å². The van der Waals surface area contributed by atoms with Crippen molar-refractivity contribution in [1.82, 2.24) is 25.5 Å². The van der Waals surface area contributed by atoms with E-state index in [-0.39, 0.29) is 12.5 Å². The number of rotatable bonds is 9. The van der Waals surface area contributed by atoms with Crippen LogP contribution in [-0.4, -0.2) is 44.2 Å². The molecule has 0 saturated carbocycles. The third-order valence-corrected chi connectivity index (χ3v) is 5.55. The molecule has 0 spiro atoms. The van der Waals surface area contributed by atoms with Crippen molar-refractivity contribution in [3.8, 4) is 17.1 Å². The fourth-order valence-electron chi connectivity index (χ4n) is 3.89. The average molecular weight is 517 g/mol. The molecule has 2 aromatic carbocycles. The number of aryl methyl sites for hydroxylation is 1. The molecule has 0 bridgehead atoms. The highest BCUT2D eigenvalue weighted by Crippen LogP contribution is 2.31. The Morgan fingerprint density at radius 2 is 1.79 bits per heavy atom. The number of amides is 2. The van der Waals surface area contributed by atoms with Crippen molar-refractivity contribution in [2.24, 2.45) is 0 Å². The zero-order valence-electron chi connectivity index (χ0n) is 22.2. The summed E-state index contributed by atoms with van der Waals surface area (Å²) in [4.78, 5) is 30.1. The maximum atomic E-state index is 13.9. The molecule has 198 valence electrons. The second-order valence-corrected chi connectivity index (χ2v) is 9.86. The first-order valence-corrected chi connectivity index (χ1v) is 12.4. The molecule has 0 aliphatic carbocycles. The van der Waals surface area contributed by atoms with Gasteiger partial charge in [0.2, 0.25) is 5.82 Å². The summed E-state index contributed by atoms with van der Waals surface area (Å²) in [6.07, 6.45) is 1.47. The number of ether oxygens (including phenoxy) is 1. The minimum absolute atomic E-state index is 0.244. The molecule has 1 N–H and O–H groups in total. The van der Waals surface area contributed by atoms with E-state index in [4.69, 9.17) is 9.15 Å². The molecule has 10 nitrogen and oxygen atoms in total. The molecule has 0 fully saturated rings. The number of hydrogen-bond acceptors (Lipinski definition) is 7. The third-order valence-electron chi connectivity index (χ3n) is 5.55. The van der Waals surface area contributed by atoms with Crippen LogP contribution in [0.5, 0.6) is 5.75 Å². The molecule has 0 saturated heterocycles. The predicted octanol–water partition coefficient (Wildman–Crippen LogP) is 4.33. The molecule has 1 atom stereocenters. The lowest BCUT2D eigenvalue weighted by atomic mass is 10.1. The Labute approximate surface area is 221 Å². The normalized spacial score (nSPS) is 12.1. The second kappa shape index (κ2) is 11.3. The maximum absolute atomic E-state index is 13.9. The van der Waals surface area contributed by atoms with Gasteiger partial charge in [0.05, 0.1) is 12.9 Å². The molecule has 2 aromatic heterocycles. The van der Waals surface area contributed by atoms with Crippen LogP contribution in [0.3, 0.4) is 0 Å². The van der Waals surface area contributed by atoms with Crippen LogP contribution in [0, 0.1) is 6.92 Å². The fraction of sp³-hybridized carbons (Fsp3) is 0.321. The van der Waals surface area contributed by atoms with Gasteiger partial charge in [-0.3, -0.25) is 14.5 Å². The lowest BCUT2D eigenvalue weighted by Gasteiger charge is -2.32. The Balaban J connectivity index is 1.70. The summed E-state index contributed by atoms with van der Waals surface area (Å²) in [5, 5.41) is 15.6. The molecule has 4 rings (SSSR count). The van der Waals surface area contributed by atoms with E-state index in [1.807, 2.05) is 58.9 Å². The van der Waals surface area contributed by atoms with Gasteiger partial charge in [0.1, 0.15) is 18.1 Å². The van der Waals surface area contributed by atoms with Crippen molar-refractivity contribution < 1.29 is 18.7 Å². The minimum atomic E-state index is -1.07. The van der Waals surface area contributed by atoms with E-state index in [1.165, 1.54) is 16.0 Å². The number of anilines is 1. The van der Waals surface area contributed by atoms with E-state index in [9.17, 15) is 9.59 Å². The summed E-state index contributed by atoms with van der Waals surface area (Å²) in [5.41, 5.74) is 1.85. The van der Waals surface area contributed by atoms with Crippen LogP contribution in [0.15, 0.2) is 71.3 Å². The molecule has 4 aromatic rings. The number of furan rings is 1. The Bertz CT molecular complexity index is 1360. The predicted molar refractivity (Wildman–Crippen MR) is 142 cm³/mol. The lowest BCUT2D eigenvalue weighted by molar-refractivity contribution is -0.128. The van der Waals surface area contributed by atoms with E-state index in [0.29, 0.717) is 29.6 Å². The van der Waals surface area contributed by atoms with E-state index in [2.05, 4.69) is 20.7 Å². The molecule has 0 radical (unpaired) electrons. The first-order chi connectivity index (χ1) is 18.1. The van der Waals surface area contributed by atoms with Gasteiger partial charge >= 0.3 is 0 Å². The monoisotopic (exact) mass is 516 g/mol. The van der Waals surface area contributed by atoms with Gasteiger partial charge < -0.3 is 14.5 Å². The summed E-state index contributed by atoms with van der Waals surface area (Å²) >= 11 is 0. The van der Waals surface area contributed by atoms with Gasteiger partial charge in [-0.2, -0.15) is 4.80 Å². The first-order valence-electron chi connectivity index (χ1n) is 12.4. The molecular formula is C28H32N6O4. The van der Waals surface area contributed by atoms with Crippen LogP contribution in [0.25, 0.3) is 11.4 Å². The Morgan fingerprint density at radius 1 is 1.08 bits per heavy atom. The highest BCUT2D eigenvalue weighted by molar-refractivity contribution is 6.01. The van der Waals surface area contributed by atoms with E-state index in [0.717, 1.165) is 11.1 Å². The van der Waals surface area contributed by atoms with Crippen LogP contribution in [0.4, 0.5) is 5.69 Å². The number of aromatic nitrogens is 4. The minimum Gasteiger partial charge on any atom is -0.494 e. The number of nitrogens with one attached hydrogen (secondary N) is 1. The number of carbonyl (C=O) groups excluding carboxylic acids is 2. The van der Waals surface area contributed by atoms with Gasteiger partial charge in [0, 0.05) is 16.8 Å². The van der Waals surface area contributed by atoms with Gasteiger partial charge in [0.15, 0.2) is 6.04 Å². The van der Waals surface area contributed by atoms with Crippen LogP contribution in [0.1, 0.15) is 45.1 Å². The highest BCUT2D eigenvalue weighted by atomic mass is 16.5. The number of carbonyl (C=O) groups is 2. The van der Waals surface area contributed by atoms with Crippen molar-refractivity contribution in [2.45, 2.75) is 52.7 Å². The van der Waals surface area contributed by atoms with Crippen molar-refractivity contribution >= 4 is 17.5 Å². The molecule has 2 amide bonds. The zero-order valence-corrected chi connectivity index (χ0v) is 22.2. The SMILES string of the molecule is CCOc1ccc(N(C(=O)Cn2nnc(-c3ccc(C)cc3)n2)[C@H](C(=O)NC(C)(C)C)c2ccco2)cc1. The number of nitrogens with zero attached hydrogens (tertiary/aromatic N) is 5. The highest BCUT2D eigenvalue weighted by Gasteiger charge is 2.36. The maximum Gasteiger partial charge on any atom is 0.251 e. The largest absolute Gasteiger partial charge is 0.494 e. The number of hydrogen-bond donors (Lipinski definition) is 1. The van der Waals surface area contributed by atoms with Crippen LogP contribution < -0.4 is 15.0 Å². The van der Waals surface area contributed by atoms with Gasteiger partial charge in [0.25, 0.3) is 11.8 Å². The zero-order chi connectivity index (χ0) is 27.3.